The van der Waals surface area contributed by atoms with Crippen LogP contribution in [0.2, 0.25) is 0 Å². The van der Waals surface area contributed by atoms with Crippen LogP contribution in [0, 0.1) is 0 Å². The van der Waals surface area contributed by atoms with Crippen molar-refractivity contribution in [2.75, 3.05) is 0 Å². The standard InChI is InChI=1S/C24H21Br/c1-23(2)19-8-6-5-7-15(19)17-11-12-18-16-10-9-14(25)13-20(16)24(3,4)22(18)21(17)23/h5-13H,1-4H3. The fourth-order valence-corrected chi connectivity index (χ4v) is 5.51. The molecule has 0 heterocycles. The maximum atomic E-state index is 3.67. The number of fused-ring (bicyclic) bond motifs is 7. The predicted octanol–water partition coefficient (Wildman–Crippen LogP) is 7.06. The molecule has 1 heteroatoms. The number of hydrogen-bond donors (Lipinski definition) is 0. The van der Waals surface area contributed by atoms with Crippen molar-refractivity contribution >= 4 is 15.9 Å². The molecular formula is C24H21Br. The first kappa shape index (κ1) is 15.4. The molecule has 0 aliphatic heterocycles. The summed E-state index contributed by atoms with van der Waals surface area (Å²) in [7, 11) is 0. The zero-order chi connectivity index (χ0) is 17.6. The summed E-state index contributed by atoms with van der Waals surface area (Å²) >= 11 is 3.67. The van der Waals surface area contributed by atoms with Crippen LogP contribution in [0.3, 0.4) is 0 Å². The van der Waals surface area contributed by atoms with E-state index in [0.717, 1.165) is 4.47 Å². The molecule has 0 saturated carbocycles. The van der Waals surface area contributed by atoms with Crippen LogP contribution in [0.1, 0.15) is 49.9 Å². The number of rotatable bonds is 0. The van der Waals surface area contributed by atoms with Gasteiger partial charge in [-0.05, 0) is 56.6 Å². The lowest BCUT2D eigenvalue weighted by Gasteiger charge is -2.30. The highest BCUT2D eigenvalue weighted by Crippen LogP contribution is 2.58. The van der Waals surface area contributed by atoms with Crippen LogP contribution in [0.15, 0.2) is 59.1 Å². The molecule has 0 N–H and O–H groups in total. The third-order valence-electron chi connectivity index (χ3n) is 6.29. The molecule has 0 fully saturated rings. The molecular weight excluding hydrogens is 368 g/mol. The van der Waals surface area contributed by atoms with Crippen LogP contribution in [0.4, 0.5) is 0 Å². The zero-order valence-electron chi connectivity index (χ0n) is 15.1. The van der Waals surface area contributed by atoms with Crippen molar-refractivity contribution in [3.63, 3.8) is 0 Å². The summed E-state index contributed by atoms with van der Waals surface area (Å²) in [5.41, 5.74) is 11.6. The number of halogens is 1. The Kier molecular flexibility index (Phi) is 2.86. The van der Waals surface area contributed by atoms with Gasteiger partial charge < -0.3 is 0 Å². The van der Waals surface area contributed by atoms with Crippen LogP contribution in [0.5, 0.6) is 0 Å². The quantitative estimate of drug-likeness (QED) is 0.386. The monoisotopic (exact) mass is 388 g/mol. The van der Waals surface area contributed by atoms with Crippen LogP contribution < -0.4 is 0 Å². The summed E-state index contributed by atoms with van der Waals surface area (Å²) in [5.74, 6) is 0. The molecule has 5 rings (SSSR count). The minimum atomic E-state index is 0.0130. The Labute approximate surface area is 158 Å². The summed E-state index contributed by atoms with van der Waals surface area (Å²) in [6, 6.07) is 20.3. The van der Waals surface area contributed by atoms with E-state index in [9.17, 15) is 0 Å². The molecule has 0 nitrogen and oxygen atoms in total. The van der Waals surface area contributed by atoms with E-state index in [-0.39, 0.29) is 10.8 Å². The van der Waals surface area contributed by atoms with Gasteiger partial charge in [-0.2, -0.15) is 0 Å². The Morgan fingerprint density at radius 1 is 0.600 bits per heavy atom. The smallest absolute Gasteiger partial charge is 0.0178 e. The first-order valence-corrected chi connectivity index (χ1v) is 9.71. The van der Waals surface area contributed by atoms with Gasteiger partial charge in [-0.3, -0.25) is 0 Å². The number of benzene rings is 3. The molecule has 0 amide bonds. The SMILES string of the molecule is CC1(C)c2ccccc2-c2ccc3c(c21)C(C)(C)c1cc(Br)ccc1-3. The second kappa shape index (κ2) is 4.65. The van der Waals surface area contributed by atoms with Gasteiger partial charge in [0, 0.05) is 15.3 Å². The first-order valence-electron chi connectivity index (χ1n) is 8.92. The van der Waals surface area contributed by atoms with Gasteiger partial charge in [0.1, 0.15) is 0 Å². The summed E-state index contributed by atoms with van der Waals surface area (Å²) in [6.07, 6.45) is 0. The van der Waals surface area contributed by atoms with Gasteiger partial charge in [0.2, 0.25) is 0 Å². The van der Waals surface area contributed by atoms with Gasteiger partial charge in [-0.15, -0.1) is 0 Å². The molecule has 0 radical (unpaired) electrons. The average Bonchev–Trinajstić information content (AvgIpc) is 2.95. The molecule has 0 saturated heterocycles. The normalized spacial score (nSPS) is 17.6. The maximum Gasteiger partial charge on any atom is 0.0178 e. The largest absolute Gasteiger partial charge is 0.0619 e. The summed E-state index contributed by atoms with van der Waals surface area (Å²) < 4.78 is 1.16. The Bertz CT molecular complexity index is 1050. The predicted molar refractivity (Wildman–Crippen MR) is 109 cm³/mol. The van der Waals surface area contributed by atoms with Gasteiger partial charge in [0.15, 0.2) is 0 Å². The van der Waals surface area contributed by atoms with Crippen LogP contribution in [-0.2, 0) is 10.8 Å². The highest BCUT2D eigenvalue weighted by molar-refractivity contribution is 9.10. The van der Waals surface area contributed by atoms with Crippen LogP contribution in [-0.4, -0.2) is 0 Å². The lowest BCUT2D eigenvalue weighted by molar-refractivity contribution is 0.601. The lowest BCUT2D eigenvalue weighted by Crippen LogP contribution is -2.24. The maximum absolute atomic E-state index is 3.67. The molecule has 3 aromatic rings. The Hall–Kier alpha value is -1.86. The van der Waals surface area contributed by atoms with E-state index in [1.165, 1.54) is 44.5 Å². The van der Waals surface area contributed by atoms with E-state index < -0.39 is 0 Å². The highest BCUT2D eigenvalue weighted by atomic mass is 79.9. The van der Waals surface area contributed by atoms with Gasteiger partial charge in [-0.25, -0.2) is 0 Å². The molecule has 2 aliphatic carbocycles. The van der Waals surface area contributed by atoms with Crippen LogP contribution in [0.25, 0.3) is 22.3 Å². The van der Waals surface area contributed by atoms with Gasteiger partial charge in [-0.1, -0.05) is 86.1 Å². The summed E-state index contributed by atoms with van der Waals surface area (Å²) in [6.45, 7) is 9.52. The molecule has 3 aromatic carbocycles. The van der Waals surface area contributed by atoms with Gasteiger partial charge in [0.05, 0.1) is 0 Å². The van der Waals surface area contributed by atoms with E-state index in [2.05, 4.69) is 98.2 Å². The second-order valence-electron chi connectivity index (χ2n) is 8.40. The summed E-state index contributed by atoms with van der Waals surface area (Å²) in [4.78, 5) is 0. The van der Waals surface area contributed by atoms with Gasteiger partial charge in [0.25, 0.3) is 0 Å². The highest BCUT2D eigenvalue weighted by Gasteiger charge is 2.45. The van der Waals surface area contributed by atoms with Crippen molar-refractivity contribution in [3.8, 4) is 22.3 Å². The topological polar surface area (TPSA) is 0 Å². The molecule has 0 atom stereocenters. The van der Waals surface area contributed by atoms with Crippen molar-refractivity contribution in [1.82, 2.24) is 0 Å². The molecule has 0 unspecified atom stereocenters. The molecule has 0 bridgehead atoms. The zero-order valence-corrected chi connectivity index (χ0v) is 16.7. The molecule has 25 heavy (non-hydrogen) atoms. The molecule has 0 spiro atoms. The number of hydrogen-bond acceptors (Lipinski definition) is 0. The minimum Gasteiger partial charge on any atom is -0.0619 e. The summed E-state index contributed by atoms with van der Waals surface area (Å²) in [5, 5.41) is 0. The fraction of sp³-hybridized carbons (Fsp3) is 0.250. The van der Waals surface area contributed by atoms with Crippen molar-refractivity contribution in [2.45, 2.75) is 38.5 Å². The minimum absolute atomic E-state index is 0.0130. The van der Waals surface area contributed by atoms with E-state index in [0.29, 0.717) is 0 Å². The van der Waals surface area contributed by atoms with Gasteiger partial charge >= 0.3 is 0 Å². The lowest BCUT2D eigenvalue weighted by atomic mass is 9.72. The fourth-order valence-electron chi connectivity index (χ4n) is 5.15. The van der Waals surface area contributed by atoms with E-state index in [4.69, 9.17) is 0 Å². The second-order valence-corrected chi connectivity index (χ2v) is 9.31. The van der Waals surface area contributed by atoms with E-state index >= 15 is 0 Å². The Morgan fingerprint density at radius 3 is 1.80 bits per heavy atom. The van der Waals surface area contributed by atoms with Crippen molar-refractivity contribution < 1.29 is 0 Å². The van der Waals surface area contributed by atoms with E-state index in [1.54, 1.807) is 0 Å². The third-order valence-corrected chi connectivity index (χ3v) is 6.78. The molecule has 2 aliphatic rings. The Balaban J connectivity index is 1.91. The molecule has 0 aromatic heterocycles. The van der Waals surface area contributed by atoms with Crippen molar-refractivity contribution in [2.24, 2.45) is 0 Å². The molecule has 124 valence electrons. The Morgan fingerprint density at radius 2 is 1.12 bits per heavy atom. The third kappa shape index (κ3) is 1.77. The first-order chi connectivity index (χ1) is 11.8. The van der Waals surface area contributed by atoms with E-state index in [1.807, 2.05) is 0 Å². The average molecular weight is 389 g/mol. The van der Waals surface area contributed by atoms with Crippen molar-refractivity contribution in [1.29, 1.82) is 0 Å². The van der Waals surface area contributed by atoms with Crippen molar-refractivity contribution in [3.05, 3.63) is 81.3 Å². The van der Waals surface area contributed by atoms with Crippen LogP contribution >= 0.6 is 15.9 Å².